The zero-order valence-corrected chi connectivity index (χ0v) is 15.5. The van der Waals surface area contributed by atoms with Gasteiger partial charge in [0.05, 0.1) is 12.6 Å². The van der Waals surface area contributed by atoms with E-state index in [4.69, 9.17) is 9.57 Å². The fourth-order valence-electron chi connectivity index (χ4n) is 2.79. The molecule has 24 heavy (non-hydrogen) atoms. The predicted molar refractivity (Wildman–Crippen MR) is 94.4 cm³/mol. The maximum absolute atomic E-state index is 12.6. The number of ether oxygens (including phenoxy) is 1. The molecule has 0 spiro atoms. The van der Waals surface area contributed by atoms with Crippen molar-refractivity contribution in [1.29, 1.82) is 0 Å². The first-order chi connectivity index (χ1) is 11.4. The van der Waals surface area contributed by atoms with Gasteiger partial charge in [-0.2, -0.15) is 5.06 Å². The lowest BCUT2D eigenvalue weighted by atomic mass is 10.0. The smallest absolute Gasteiger partial charge is 0.218 e. The Kier molecular flexibility index (Phi) is 6.59. The monoisotopic (exact) mass is 357 g/mol. The fraction of sp³-hybridized carbons (Fsp3) is 0.625. The van der Waals surface area contributed by atoms with E-state index in [1.54, 1.807) is 19.2 Å². The molecular weight excluding hydrogens is 330 g/mol. The molecule has 1 aromatic rings. The summed E-state index contributed by atoms with van der Waals surface area (Å²) in [6, 6.07) is 7.55. The molecule has 1 aromatic carbocycles. The quantitative estimate of drug-likeness (QED) is 0.700. The Morgan fingerprint density at radius 1 is 1.33 bits per heavy atom. The third kappa shape index (κ3) is 4.46. The third-order valence-corrected chi connectivity index (χ3v) is 5.96. The van der Waals surface area contributed by atoms with Crippen molar-refractivity contribution in [3.63, 3.8) is 0 Å². The molecule has 1 saturated heterocycles. The number of hydroxylamine groups is 2. The summed E-state index contributed by atoms with van der Waals surface area (Å²) in [5.74, 6) is 0. The maximum atomic E-state index is 12.6. The Morgan fingerprint density at radius 2 is 2.00 bits per heavy atom. The number of methoxy groups -OCH3 is 1. The Balaban J connectivity index is 2.14. The van der Waals surface area contributed by atoms with Crippen LogP contribution in [0.3, 0.4) is 0 Å². The van der Waals surface area contributed by atoms with Crippen LogP contribution in [-0.4, -0.2) is 66.7 Å². The maximum Gasteiger partial charge on any atom is 0.218 e. The third-order valence-electron chi connectivity index (χ3n) is 4.16. The summed E-state index contributed by atoms with van der Waals surface area (Å²) in [6.07, 6.45) is 0.640. The molecule has 0 saturated carbocycles. The number of hydrogen-bond donors (Lipinski definition) is 1. The highest BCUT2D eigenvalue weighted by Crippen LogP contribution is 2.33. The van der Waals surface area contributed by atoms with E-state index in [-0.39, 0.29) is 12.6 Å². The standard InChI is InChI=1S/C16H27N3O4S/c1-18(2)14-8-6-13(7-9-14)16-15(12-23-19(16)3)24(20,21)17-10-5-11-22-4/h6-9,15-17H,5,10-12H2,1-4H3/t15-,16+/m0/s1. The van der Waals surface area contributed by atoms with E-state index in [0.29, 0.717) is 19.6 Å². The minimum absolute atomic E-state index is 0.149. The second-order valence-corrected chi connectivity index (χ2v) is 8.08. The number of hydrogen-bond acceptors (Lipinski definition) is 6. The lowest BCUT2D eigenvalue weighted by Crippen LogP contribution is -2.39. The molecule has 0 unspecified atom stereocenters. The molecular formula is C16H27N3O4S. The first-order valence-electron chi connectivity index (χ1n) is 7.97. The van der Waals surface area contributed by atoms with Gasteiger partial charge in [0.25, 0.3) is 0 Å². The highest BCUT2D eigenvalue weighted by Gasteiger charge is 2.42. The van der Waals surface area contributed by atoms with Crippen LogP contribution in [0.4, 0.5) is 5.69 Å². The van der Waals surface area contributed by atoms with Crippen LogP contribution in [0.15, 0.2) is 24.3 Å². The van der Waals surface area contributed by atoms with Crippen molar-refractivity contribution in [2.75, 3.05) is 52.9 Å². The molecule has 7 nitrogen and oxygen atoms in total. The number of sulfonamides is 1. The summed E-state index contributed by atoms with van der Waals surface area (Å²) in [4.78, 5) is 7.51. The van der Waals surface area contributed by atoms with Gasteiger partial charge < -0.3 is 9.64 Å². The molecule has 1 aliphatic heterocycles. The molecule has 136 valence electrons. The van der Waals surface area contributed by atoms with E-state index in [1.807, 2.05) is 43.3 Å². The predicted octanol–water partition coefficient (Wildman–Crippen LogP) is 0.995. The first-order valence-corrected chi connectivity index (χ1v) is 9.52. The van der Waals surface area contributed by atoms with Crippen molar-refractivity contribution >= 4 is 15.7 Å². The SMILES string of the molecule is COCCCNS(=O)(=O)[C@H]1CON(C)[C@@H]1c1ccc(N(C)C)cc1. The van der Waals surface area contributed by atoms with Crippen LogP contribution >= 0.6 is 0 Å². The molecule has 1 N–H and O–H groups in total. The van der Waals surface area contributed by atoms with Gasteiger partial charge in [-0.05, 0) is 24.1 Å². The van der Waals surface area contributed by atoms with Gasteiger partial charge in [-0.3, -0.25) is 4.84 Å². The Labute approximate surface area is 144 Å². The number of anilines is 1. The number of nitrogens with one attached hydrogen (secondary N) is 1. The van der Waals surface area contributed by atoms with Gasteiger partial charge in [0.15, 0.2) is 0 Å². The summed E-state index contributed by atoms with van der Waals surface area (Å²) in [5, 5.41) is 0.985. The number of nitrogens with zero attached hydrogens (tertiary/aromatic N) is 2. The second kappa shape index (κ2) is 8.26. The van der Waals surface area contributed by atoms with Gasteiger partial charge in [-0.15, -0.1) is 0 Å². The molecule has 8 heteroatoms. The van der Waals surface area contributed by atoms with E-state index >= 15 is 0 Å². The highest BCUT2D eigenvalue weighted by atomic mass is 32.2. The van der Waals surface area contributed by atoms with Crippen molar-refractivity contribution in [2.45, 2.75) is 17.7 Å². The van der Waals surface area contributed by atoms with Crippen LogP contribution in [0.1, 0.15) is 18.0 Å². The van der Waals surface area contributed by atoms with Gasteiger partial charge >= 0.3 is 0 Å². The molecule has 2 atom stereocenters. The van der Waals surface area contributed by atoms with Gasteiger partial charge in [-0.1, -0.05) is 12.1 Å². The number of benzene rings is 1. The zero-order chi connectivity index (χ0) is 17.7. The minimum atomic E-state index is -3.48. The van der Waals surface area contributed by atoms with Gasteiger partial charge in [-0.25, -0.2) is 13.1 Å². The van der Waals surface area contributed by atoms with E-state index in [2.05, 4.69) is 4.72 Å². The number of rotatable bonds is 8. The molecule has 0 bridgehead atoms. The van der Waals surface area contributed by atoms with Crippen LogP contribution in [0.25, 0.3) is 0 Å². The van der Waals surface area contributed by atoms with Crippen molar-refractivity contribution in [3.05, 3.63) is 29.8 Å². The summed E-state index contributed by atoms with van der Waals surface area (Å²) < 4.78 is 32.9. The first kappa shape index (κ1) is 19.1. The van der Waals surface area contributed by atoms with E-state index < -0.39 is 15.3 Å². The average molecular weight is 357 g/mol. The van der Waals surface area contributed by atoms with Crippen molar-refractivity contribution < 1.29 is 18.0 Å². The summed E-state index contributed by atoms with van der Waals surface area (Å²) in [7, 11) is 3.83. The molecule has 2 rings (SSSR count). The highest BCUT2D eigenvalue weighted by molar-refractivity contribution is 7.90. The average Bonchev–Trinajstić information content (AvgIpc) is 2.94. The van der Waals surface area contributed by atoms with Crippen molar-refractivity contribution in [3.8, 4) is 0 Å². The molecule has 0 aliphatic carbocycles. The molecule has 1 fully saturated rings. The second-order valence-electron chi connectivity index (χ2n) is 6.10. The fourth-order valence-corrected chi connectivity index (χ4v) is 4.34. The molecule has 0 aromatic heterocycles. The van der Waals surface area contributed by atoms with Crippen molar-refractivity contribution in [1.82, 2.24) is 9.79 Å². The Bertz CT molecular complexity index is 619. The van der Waals surface area contributed by atoms with Crippen molar-refractivity contribution in [2.24, 2.45) is 0 Å². The van der Waals surface area contributed by atoms with Crippen LogP contribution < -0.4 is 9.62 Å². The van der Waals surface area contributed by atoms with Gasteiger partial charge in [0.1, 0.15) is 5.25 Å². The van der Waals surface area contributed by atoms with Crippen LogP contribution in [0, 0.1) is 0 Å². The molecule has 0 amide bonds. The van der Waals surface area contributed by atoms with Gasteiger partial charge in [0, 0.05) is 47.1 Å². The normalized spacial score (nSPS) is 22.0. The van der Waals surface area contributed by atoms with Crippen LogP contribution in [0.2, 0.25) is 0 Å². The Morgan fingerprint density at radius 3 is 2.58 bits per heavy atom. The lowest BCUT2D eigenvalue weighted by Gasteiger charge is -2.24. The zero-order valence-electron chi connectivity index (χ0n) is 14.7. The van der Waals surface area contributed by atoms with Gasteiger partial charge in [0.2, 0.25) is 10.0 Å². The molecule has 1 aliphatic rings. The summed E-state index contributed by atoms with van der Waals surface area (Å²) >= 11 is 0. The summed E-state index contributed by atoms with van der Waals surface area (Å²) in [6.45, 7) is 1.04. The minimum Gasteiger partial charge on any atom is -0.385 e. The van der Waals surface area contributed by atoms with E-state index in [0.717, 1.165) is 11.3 Å². The molecule has 1 heterocycles. The van der Waals surface area contributed by atoms with Crippen LogP contribution in [-0.2, 0) is 19.6 Å². The molecule has 0 radical (unpaired) electrons. The lowest BCUT2D eigenvalue weighted by molar-refractivity contribution is -0.110. The summed E-state index contributed by atoms with van der Waals surface area (Å²) in [5.41, 5.74) is 1.99. The topological polar surface area (TPSA) is 71.1 Å². The van der Waals surface area contributed by atoms with E-state index in [9.17, 15) is 8.42 Å². The Hall–Kier alpha value is -1.19. The van der Waals surface area contributed by atoms with Crippen LogP contribution in [0.5, 0.6) is 0 Å². The largest absolute Gasteiger partial charge is 0.385 e. The van der Waals surface area contributed by atoms with E-state index in [1.165, 1.54) is 0 Å².